The molecule has 5 heteroatoms. The van der Waals surface area contributed by atoms with Crippen molar-refractivity contribution in [1.29, 1.82) is 5.26 Å². The highest BCUT2D eigenvalue weighted by Crippen LogP contribution is 2.40. The second kappa shape index (κ2) is 15.0. The van der Waals surface area contributed by atoms with Gasteiger partial charge in [0.1, 0.15) is 11.2 Å². The van der Waals surface area contributed by atoms with Gasteiger partial charge in [-0.05, 0) is 110 Å². The summed E-state index contributed by atoms with van der Waals surface area (Å²) in [6.45, 7) is 0. The van der Waals surface area contributed by atoms with Gasteiger partial charge in [0, 0.05) is 27.5 Å². The van der Waals surface area contributed by atoms with Gasteiger partial charge in [-0.15, -0.1) is 0 Å². The number of hydrogen-bond acceptors (Lipinski definition) is 5. The van der Waals surface area contributed by atoms with E-state index in [1.165, 1.54) is 10.8 Å². The number of hydrogen-bond donors (Lipinski definition) is 0. The Balaban J connectivity index is 1.07. The molecular weight excluding hydrogens is 745 g/mol. The Labute approximate surface area is 352 Å². The number of nitriles is 1. The van der Waals surface area contributed by atoms with Gasteiger partial charge in [-0.2, -0.15) is 5.26 Å². The van der Waals surface area contributed by atoms with Crippen molar-refractivity contribution in [2.45, 2.75) is 0 Å². The summed E-state index contributed by atoms with van der Waals surface area (Å²) in [5.74, 6) is 1.64. The molecule has 0 N–H and O–H groups in total. The van der Waals surface area contributed by atoms with Crippen LogP contribution < -0.4 is 0 Å². The summed E-state index contributed by atoms with van der Waals surface area (Å²) >= 11 is 0. The van der Waals surface area contributed by atoms with E-state index < -0.39 is 0 Å². The molecule has 61 heavy (non-hydrogen) atoms. The molecule has 0 radical (unpaired) electrons. The molecule has 5 nitrogen and oxygen atoms in total. The second-order valence-corrected chi connectivity index (χ2v) is 15.2. The maximum atomic E-state index is 9.51. The van der Waals surface area contributed by atoms with Crippen LogP contribution in [0.5, 0.6) is 0 Å². The zero-order chi connectivity index (χ0) is 40.7. The van der Waals surface area contributed by atoms with E-state index in [-0.39, 0.29) is 0 Å². The summed E-state index contributed by atoms with van der Waals surface area (Å²) in [7, 11) is 0. The molecule has 0 fully saturated rings. The molecule has 0 bridgehead atoms. The van der Waals surface area contributed by atoms with Gasteiger partial charge in [0.15, 0.2) is 17.5 Å². The van der Waals surface area contributed by atoms with Crippen LogP contribution in [0.15, 0.2) is 211 Å². The average molecular weight is 779 g/mol. The molecule has 0 atom stereocenters. The lowest BCUT2D eigenvalue weighted by atomic mass is 9.95. The fraction of sp³-hybridized carbons (Fsp3) is 0. The number of rotatable bonds is 7. The number of furan rings is 1. The molecule has 0 saturated carbocycles. The SMILES string of the molecule is N#Cc1cccc(-c2ccc(-c3nc(-c4cc(-c5ccccc5)cc(-c5ccccc5)c4)nc(-c4ccc5c(c4)oc4cccc(-c6ccc7ccccc7c6)c45)n3)cc2)c1. The maximum Gasteiger partial charge on any atom is 0.164 e. The van der Waals surface area contributed by atoms with E-state index >= 15 is 0 Å². The maximum absolute atomic E-state index is 9.51. The van der Waals surface area contributed by atoms with E-state index in [0.717, 1.165) is 83.1 Å². The van der Waals surface area contributed by atoms with Crippen molar-refractivity contribution in [2.24, 2.45) is 0 Å². The normalized spacial score (nSPS) is 11.3. The predicted octanol–water partition coefficient (Wildman–Crippen LogP) is 14.5. The van der Waals surface area contributed by atoms with Crippen molar-refractivity contribution >= 4 is 32.7 Å². The lowest BCUT2D eigenvalue weighted by Crippen LogP contribution is -2.00. The highest BCUT2D eigenvalue weighted by atomic mass is 16.3. The molecular formula is C56H34N4O. The smallest absolute Gasteiger partial charge is 0.164 e. The summed E-state index contributed by atoms with van der Waals surface area (Å²) in [6.07, 6.45) is 0. The van der Waals surface area contributed by atoms with Crippen molar-refractivity contribution in [3.8, 4) is 84.7 Å². The third-order valence-electron chi connectivity index (χ3n) is 11.3. The fourth-order valence-electron chi connectivity index (χ4n) is 8.26. The van der Waals surface area contributed by atoms with Gasteiger partial charge in [0.25, 0.3) is 0 Å². The minimum atomic E-state index is 0.536. The highest BCUT2D eigenvalue weighted by Gasteiger charge is 2.18. The first-order valence-electron chi connectivity index (χ1n) is 20.2. The molecule has 11 aromatic rings. The Kier molecular flexibility index (Phi) is 8.80. The first-order valence-corrected chi connectivity index (χ1v) is 20.2. The van der Waals surface area contributed by atoms with Crippen molar-refractivity contribution in [3.05, 3.63) is 212 Å². The summed E-state index contributed by atoms with van der Waals surface area (Å²) in [5.41, 5.74) is 13.3. The minimum absolute atomic E-state index is 0.536. The lowest BCUT2D eigenvalue weighted by Gasteiger charge is -2.13. The largest absolute Gasteiger partial charge is 0.456 e. The van der Waals surface area contributed by atoms with E-state index in [4.69, 9.17) is 19.4 Å². The average Bonchev–Trinajstić information content (AvgIpc) is 3.72. The second-order valence-electron chi connectivity index (χ2n) is 15.2. The molecule has 0 aliphatic heterocycles. The van der Waals surface area contributed by atoms with Gasteiger partial charge in [0.2, 0.25) is 0 Å². The first-order chi connectivity index (χ1) is 30.1. The minimum Gasteiger partial charge on any atom is -0.456 e. The van der Waals surface area contributed by atoms with Crippen LogP contribution in [-0.2, 0) is 0 Å². The zero-order valence-electron chi connectivity index (χ0n) is 32.8. The topological polar surface area (TPSA) is 75.6 Å². The number of nitrogens with zero attached hydrogens (tertiary/aromatic N) is 4. The molecule has 9 aromatic carbocycles. The quantitative estimate of drug-likeness (QED) is 0.161. The standard InChI is InChI=1S/C56H34N4O/c57-35-36-11-9-18-42(29-36)40-21-24-41(25-22-40)54-58-55(60-56(59-54)48-32-46(37-12-3-1-4-13-37)31-47(33-48)38-14-5-2-6-15-38)45-27-28-50-52(34-45)61-51-20-10-19-49(53(50)51)44-26-23-39-16-7-8-17-43(39)30-44/h1-34H. The summed E-state index contributed by atoms with van der Waals surface area (Å²) in [6, 6.07) is 72.9. The third-order valence-corrected chi connectivity index (χ3v) is 11.3. The number of fused-ring (bicyclic) bond motifs is 4. The Morgan fingerprint density at radius 1 is 0.344 bits per heavy atom. The molecule has 0 aliphatic rings. The van der Waals surface area contributed by atoms with Gasteiger partial charge in [-0.25, -0.2) is 15.0 Å². The van der Waals surface area contributed by atoms with Gasteiger partial charge in [-0.3, -0.25) is 0 Å². The van der Waals surface area contributed by atoms with E-state index in [9.17, 15) is 5.26 Å². The van der Waals surface area contributed by atoms with E-state index in [2.05, 4.69) is 140 Å². The Hall–Kier alpha value is -8.46. The Morgan fingerprint density at radius 2 is 0.902 bits per heavy atom. The molecule has 284 valence electrons. The lowest BCUT2D eigenvalue weighted by molar-refractivity contribution is 0.669. The van der Waals surface area contributed by atoms with Crippen LogP contribution in [0.3, 0.4) is 0 Å². The summed E-state index contributed by atoms with van der Waals surface area (Å²) in [5, 5.41) is 14.0. The van der Waals surface area contributed by atoms with Crippen molar-refractivity contribution in [1.82, 2.24) is 15.0 Å². The molecule has 11 rings (SSSR count). The Bertz CT molecular complexity index is 3420. The van der Waals surface area contributed by atoms with Crippen LogP contribution in [-0.4, -0.2) is 15.0 Å². The van der Waals surface area contributed by atoms with Crippen molar-refractivity contribution in [3.63, 3.8) is 0 Å². The monoisotopic (exact) mass is 778 g/mol. The number of benzene rings is 9. The third kappa shape index (κ3) is 6.78. The predicted molar refractivity (Wildman–Crippen MR) is 247 cm³/mol. The molecule has 2 heterocycles. The van der Waals surface area contributed by atoms with Crippen molar-refractivity contribution < 1.29 is 4.42 Å². The molecule has 0 aliphatic carbocycles. The summed E-state index contributed by atoms with van der Waals surface area (Å²) in [4.78, 5) is 15.5. The molecule has 2 aromatic heterocycles. The van der Waals surface area contributed by atoms with Gasteiger partial charge in [-0.1, -0.05) is 152 Å². The molecule has 0 spiro atoms. The van der Waals surface area contributed by atoms with Crippen LogP contribution in [0.25, 0.3) is 111 Å². The van der Waals surface area contributed by atoms with Gasteiger partial charge < -0.3 is 4.42 Å². The van der Waals surface area contributed by atoms with Crippen molar-refractivity contribution in [2.75, 3.05) is 0 Å². The van der Waals surface area contributed by atoms with E-state index in [1.807, 2.05) is 72.8 Å². The molecule has 0 saturated heterocycles. The van der Waals surface area contributed by atoms with Gasteiger partial charge >= 0.3 is 0 Å². The van der Waals surface area contributed by atoms with Crippen LogP contribution >= 0.6 is 0 Å². The van der Waals surface area contributed by atoms with Crippen LogP contribution in [0.1, 0.15) is 5.56 Å². The van der Waals surface area contributed by atoms with Crippen LogP contribution in [0.2, 0.25) is 0 Å². The molecule has 0 amide bonds. The van der Waals surface area contributed by atoms with E-state index in [1.54, 1.807) is 0 Å². The molecule has 0 unspecified atom stereocenters. The highest BCUT2D eigenvalue weighted by molar-refractivity contribution is 6.13. The fourth-order valence-corrected chi connectivity index (χ4v) is 8.26. The van der Waals surface area contributed by atoms with Gasteiger partial charge in [0.05, 0.1) is 11.6 Å². The summed E-state index contributed by atoms with van der Waals surface area (Å²) < 4.78 is 6.60. The first kappa shape index (κ1) is 35.7. The van der Waals surface area contributed by atoms with E-state index in [0.29, 0.717) is 23.0 Å². The Morgan fingerprint density at radius 3 is 1.62 bits per heavy atom. The van der Waals surface area contributed by atoms with Crippen LogP contribution in [0.4, 0.5) is 0 Å². The zero-order valence-corrected chi connectivity index (χ0v) is 32.8. The number of aromatic nitrogens is 3. The van der Waals surface area contributed by atoms with Crippen LogP contribution in [0, 0.1) is 11.3 Å².